The molecule has 0 radical (unpaired) electrons. The van der Waals surface area contributed by atoms with Crippen LogP contribution in [0.2, 0.25) is 10.0 Å². The van der Waals surface area contributed by atoms with E-state index in [-0.39, 0.29) is 63.5 Å². The minimum Gasteiger partial charge on any atom is -0.460 e. The van der Waals surface area contributed by atoms with Crippen molar-refractivity contribution in [3.8, 4) is 17.0 Å². The number of carbonyl (C=O) groups excluding carboxylic acids is 5. The molecule has 0 aliphatic carbocycles. The third-order valence-corrected chi connectivity index (χ3v) is 11.2. The van der Waals surface area contributed by atoms with E-state index in [2.05, 4.69) is 25.1 Å². The van der Waals surface area contributed by atoms with Gasteiger partial charge in [-0.3, -0.25) is 19.2 Å². The first-order valence-electron chi connectivity index (χ1n) is 17.5. The summed E-state index contributed by atoms with van der Waals surface area (Å²) in [5, 5.41) is 5.75. The van der Waals surface area contributed by atoms with Crippen LogP contribution in [0.15, 0.2) is 36.5 Å². The number of anilines is 1. The summed E-state index contributed by atoms with van der Waals surface area (Å²) in [7, 11) is 1.55. The van der Waals surface area contributed by atoms with Crippen LogP contribution >= 0.6 is 23.2 Å². The highest BCUT2D eigenvalue weighted by Crippen LogP contribution is 2.35. The fourth-order valence-corrected chi connectivity index (χ4v) is 7.95. The number of rotatable bonds is 12. The van der Waals surface area contributed by atoms with Gasteiger partial charge >= 0.3 is 12.4 Å². The van der Waals surface area contributed by atoms with Crippen molar-refractivity contribution in [1.82, 2.24) is 24.7 Å². The molecule has 3 fully saturated rings. The zero-order valence-corrected chi connectivity index (χ0v) is 31.0. The molecular formula is C36H40Cl2F2N7O7+. The molecule has 14 nitrogen and oxygen atoms in total. The van der Waals surface area contributed by atoms with Crippen LogP contribution in [0.3, 0.4) is 0 Å². The summed E-state index contributed by atoms with van der Waals surface area (Å²) >= 11 is 12.7. The third kappa shape index (κ3) is 8.36. The molecule has 2 N–H and O–H groups in total. The number of alkyl halides is 1. The molecule has 3 aromatic rings. The molecule has 0 atom stereocenters. The smallest absolute Gasteiger partial charge is 0.369 e. The Morgan fingerprint density at radius 1 is 1.06 bits per heavy atom. The Labute approximate surface area is 319 Å². The van der Waals surface area contributed by atoms with Crippen molar-refractivity contribution in [2.75, 3.05) is 77.6 Å². The summed E-state index contributed by atoms with van der Waals surface area (Å²) in [6, 6.07) is 7.17. The lowest BCUT2D eigenvalue weighted by Gasteiger charge is -2.46. The SMILES string of the molecule is Cn1c(-c2ccc(OCF)c(F)c2Cl)cnc1C(=O)Nc1ccc(C(=O)N2CCN(C(=O)C3CC[N+](CC(=O)OC=O)(CC4CNC4)CC3)CC2)c(Cl)c1. The van der Waals surface area contributed by atoms with Gasteiger partial charge in [-0.2, -0.15) is 0 Å². The zero-order chi connectivity index (χ0) is 38.6. The summed E-state index contributed by atoms with van der Waals surface area (Å²) in [6.45, 7) is 4.25. The Bertz CT molecular complexity index is 1930. The van der Waals surface area contributed by atoms with Crippen LogP contribution in [-0.4, -0.2) is 126 Å². The van der Waals surface area contributed by atoms with Crippen molar-refractivity contribution < 1.29 is 46.7 Å². The van der Waals surface area contributed by atoms with E-state index < -0.39 is 24.6 Å². The number of piperidine rings is 1. The molecule has 1 aromatic heterocycles. The average molecular weight is 792 g/mol. The van der Waals surface area contributed by atoms with Crippen LogP contribution in [0.25, 0.3) is 11.3 Å². The average Bonchev–Trinajstić information content (AvgIpc) is 3.53. The van der Waals surface area contributed by atoms with Gasteiger partial charge in [-0.15, -0.1) is 0 Å². The minimum atomic E-state index is -1.22. The number of nitrogens with zero attached hydrogens (tertiary/aromatic N) is 5. The molecule has 18 heteroatoms. The van der Waals surface area contributed by atoms with Gasteiger partial charge in [-0.25, -0.2) is 18.6 Å². The van der Waals surface area contributed by atoms with E-state index in [9.17, 15) is 32.8 Å². The lowest BCUT2D eigenvalue weighted by atomic mass is 9.90. The molecule has 54 heavy (non-hydrogen) atoms. The van der Waals surface area contributed by atoms with E-state index in [1.807, 2.05) is 0 Å². The molecule has 3 saturated heterocycles. The Morgan fingerprint density at radius 3 is 2.39 bits per heavy atom. The van der Waals surface area contributed by atoms with Gasteiger partial charge in [0.2, 0.25) is 12.8 Å². The quantitative estimate of drug-likeness (QED) is 0.122. The maximum atomic E-state index is 14.6. The second-order valence-corrected chi connectivity index (χ2v) is 14.6. The van der Waals surface area contributed by atoms with Crippen molar-refractivity contribution in [1.29, 1.82) is 0 Å². The van der Waals surface area contributed by atoms with Crippen LogP contribution in [0.5, 0.6) is 5.75 Å². The van der Waals surface area contributed by atoms with Crippen LogP contribution in [0, 0.1) is 17.7 Å². The normalized spacial score (nSPS) is 20.2. The first-order chi connectivity index (χ1) is 25.9. The molecule has 0 bridgehead atoms. The number of benzene rings is 2. The van der Waals surface area contributed by atoms with Crippen molar-refractivity contribution in [3.63, 3.8) is 0 Å². The molecule has 3 aliphatic rings. The number of hydrogen-bond acceptors (Lipinski definition) is 9. The minimum absolute atomic E-state index is 0.0219. The summed E-state index contributed by atoms with van der Waals surface area (Å²) in [5.74, 6) is -2.50. The number of imidazole rings is 1. The van der Waals surface area contributed by atoms with E-state index in [0.29, 0.717) is 73.9 Å². The molecule has 3 aliphatic heterocycles. The Morgan fingerprint density at radius 2 is 1.76 bits per heavy atom. The first-order valence-corrected chi connectivity index (χ1v) is 18.3. The van der Waals surface area contributed by atoms with Crippen molar-refractivity contribution >= 4 is 59.1 Å². The number of esters is 1. The third-order valence-electron chi connectivity index (χ3n) is 10.5. The fourth-order valence-electron chi connectivity index (χ4n) is 7.44. The zero-order valence-electron chi connectivity index (χ0n) is 29.5. The predicted octanol–water partition coefficient (Wildman–Crippen LogP) is 3.52. The maximum absolute atomic E-state index is 14.6. The van der Waals surface area contributed by atoms with Crippen molar-refractivity contribution in [3.05, 3.63) is 63.8 Å². The highest BCUT2D eigenvalue weighted by atomic mass is 35.5. The Kier molecular flexibility index (Phi) is 12.2. The fraction of sp³-hybridized carbons (Fsp3) is 0.444. The summed E-state index contributed by atoms with van der Waals surface area (Å²) < 4.78 is 38.3. The van der Waals surface area contributed by atoms with Gasteiger partial charge in [0.1, 0.15) is 0 Å². The van der Waals surface area contributed by atoms with Crippen LogP contribution in [0.1, 0.15) is 33.8 Å². The van der Waals surface area contributed by atoms with Gasteiger partial charge in [0.25, 0.3) is 11.8 Å². The number of quaternary nitrogens is 1. The van der Waals surface area contributed by atoms with Gasteiger partial charge in [-0.1, -0.05) is 23.2 Å². The molecular weight excluding hydrogens is 751 g/mol. The van der Waals surface area contributed by atoms with Gasteiger partial charge in [0.15, 0.2) is 23.9 Å². The van der Waals surface area contributed by atoms with Gasteiger partial charge in [-0.05, 0) is 30.3 Å². The van der Waals surface area contributed by atoms with Gasteiger partial charge in [0, 0.05) is 82.2 Å². The molecule has 0 spiro atoms. The van der Waals surface area contributed by atoms with Crippen molar-refractivity contribution in [2.45, 2.75) is 12.8 Å². The molecule has 3 amide bonds. The molecule has 2 aromatic carbocycles. The number of nitrogens with one attached hydrogen (secondary N) is 2. The van der Waals surface area contributed by atoms with Crippen LogP contribution in [0.4, 0.5) is 14.5 Å². The largest absolute Gasteiger partial charge is 0.460 e. The van der Waals surface area contributed by atoms with E-state index in [1.54, 1.807) is 16.8 Å². The number of carbonyl (C=O) groups is 5. The number of piperazine rings is 1. The number of ether oxygens (including phenoxy) is 2. The molecule has 0 saturated carbocycles. The number of likely N-dealkylation sites (tertiary alicyclic amines) is 1. The summed E-state index contributed by atoms with van der Waals surface area (Å²) in [6.07, 6.45) is 2.58. The van der Waals surface area contributed by atoms with Gasteiger partial charge in [0.05, 0.1) is 47.1 Å². The standard InChI is InChI=1S/C36H39Cl2F2N7O7/c1-44-28(26-4-5-29(53-20-39)32(40)31(26)38)17-42-33(44)34(50)43-24-2-3-25(27(37)14-24)36(52)46-10-8-45(9-11-46)35(51)23-6-12-47(13-7-23,18-22-15-41-16-22)19-30(49)54-21-48/h2-5,14,17,21-23,41H,6-13,15-16,18-20H2,1H3/p+1. The lowest BCUT2D eigenvalue weighted by molar-refractivity contribution is -0.929. The first kappa shape index (κ1) is 39.1. The second kappa shape index (κ2) is 16.8. The maximum Gasteiger partial charge on any atom is 0.369 e. The topological polar surface area (TPSA) is 152 Å². The lowest BCUT2D eigenvalue weighted by Crippen LogP contribution is -2.62. The molecule has 0 unspecified atom stereocenters. The van der Waals surface area contributed by atoms with E-state index >= 15 is 0 Å². The Balaban J connectivity index is 1.02. The van der Waals surface area contributed by atoms with Crippen LogP contribution in [-0.2, 0) is 26.2 Å². The van der Waals surface area contributed by atoms with E-state index in [0.717, 1.165) is 19.6 Å². The predicted molar refractivity (Wildman–Crippen MR) is 193 cm³/mol. The highest BCUT2D eigenvalue weighted by Gasteiger charge is 2.42. The number of amides is 3. The second-order valence-electron chi connectivity index (χ2n) is 13.8. The number of aromatic nitrogens is 2. The Hall–Kier alpha value is -4.64. The van der Waals surface area contributed by atoms with Gasteiger partial charge < -0.3 is 39.0 Å². The molecule has 288 valence electrons. The molecule has 6 rings (SSSR count). The number of hydrogen-bond donors (Lipinski definition) is 2. The van der Waals surface area contributed by atoms with Crippen molar-refractivity contribution in [2.24, 2.45) is 18.9 Å². The summed E-state index contributed by atoms with van der Waals surface area (Å²) in [5.41, 5.74) is 1.08. The van der Waals surface area contributed by atoms with E-state index in [1.165, 1.54) is 41.1 Å². The summed E-state index contributed by atoms with van der Waals surface area (Å²) in [4.78, 5) is 70.7. The van der Waals surface area contributed by atoms with E-state index in [4.69, 9.17) is 23.2 Å². The molecule has 4 heterocycles. The number of halogens is 4. The highest BCUT2D eigenvalue weighted by molar-refractivity contribution is 6.34. The monoisotopic (exact) mass is 790 g/mol. The van der Waals surface area contributed by atoms with Crippen LogP contribution < -0.4 is 15.4 Å².